The van der Waals surface area contributed by atoms with Gasteiger partial charge in [0.1, 0.15) is 5.60 Å². The van der Waals surface area contributed by atoms with Crippen LogP contribution in [-0.4, -0.2) is 54.6 Å². The zero-order valence-electron chi connectivity index (χ0n) is 19.7. The first-order valence-corrected chi connectivity index (χ1v) is 11.1. The van der Waals surface area contributed by atoms with Gasteiger partial charge in [-0.05, 0) is 51.7 Å². The first-order valence-electron chi connectivity index (χ1n) is 11.1. The van der Waals surface area contributed by atoms with Gasteiger partial charge in [-0.2, -0.15) is 0 Å². The standard InChI is InChI=1S/C23H37N5O3.HI/c1-5-24-21(26-14-9-15-27-22(30)31-23(2,3)4)25-13-8-12-20(29)28-16-18-10-6-7-11-19(18)17-28;/h6-7,10-11H,5,8-9,12-17H2,1-4H3,(H,27,30)(H2,24,25,26);1H. The summed E-state index contributed by atoms with van der Waals surface area (Å²) >= 11 is 0. The lowest BCUT2D eigenvalue weighted by molar-refractivity contribution is -0.131. The Labute approximate surface area is 209 Å². The molecule has 32 heavy (non-hydrogen) atoms. The van der Waals surface area contributed by atoms with E-state index in [1.54, 1.807) is 0 Å². The Morgan fingerprint density at radius 1 is 1.03 bits per heavy atom. The van der Waals surface area contributed by atoms with E-state index in [9.17, 15) is 9.59 Å². The third-order valence-corrected chi connectivity index (χ3v) is 4.67. The molecule has 0 saturated carbocycles. The molecule has 3 N–H and O–H groups in total. The predicted molar refractivity (Wildman–Crippen MR) is 138 cm³/mol. The van der Waals surface area contributed by atoms with E-state index in [2.05, 4.69) is 33.1 Å². The van der Waals surface area contributed by atoms with Gasteiger partial charge in [-0.1, -0.05) is 24.3 Å². The Bertz CT molecular complexity index is 739. The number of hydrogen-bond donors (Lipinski definition) is 3. The van der Waals surface area contributed by atoms with Gasteiger partial charge in [-0.25, -0.2) is 4.79 Å². The molecule has 180 valence electrons. The summed E-state index contributed by atoms with van der Waals surface area (Å²) in [6.07, 6.45) is 1.56. The van der Waals surface area contributed by atoms with Gasteiger partial charge in [0.25, 0.3) is 0 Å². The normalized spacial score (nSPS) is 13.1. The number of carbonyl (C=O) groups excluding carboxylic acids is 2. The molecule has 1 aliphatic heterocycles. The van der Waals surface area contributed by atoms with E-state index in [4.69, 9.17) is 4.74 Å². The third kappa shape index (κ3) is 10.5. The number of rotatable bonds is 9. The van der Waals surface area contributed by atoms with Crippen molar-refractivity contribution in [3.05, 3.63) is 35.4 Å². The molecule has 0 spiro atoms. The van der Waals surface area contributed by atoms with E-state index in [-0.39, 0.29) is 29.9 Å². The number of amides is 2. The molecular weight excluding hydrogens is 521 g/mol. The molecule has 0 radical (unpaired) electrons. The first kappa shape index (κ1) is 28.0. The van der Waals surface area contributed by atoms with Crippen LogP contribution in [0, 0.1) is 0 Å². The number of nitrogens with one attached hydrogen (secondary N) is 3. The Morgan fingerprint density at radius 2 is 1.66 bits per heavy atom. The van der Waals surface area contributed by atoms with Gasteiger partial charge in [0, 0.05) is 45.7 Å². The van der Waals surface area contributed by atoms with Gasteiger partial charge in [-0.3, -0.25) is 9.79 Å². The number of ether oxygens (including phenoxy) is 1. The van der Waals surface area contributed by atoms with Crippen molar-refractivity contribution in [2.45, 2.75) is 65.6 Å². The lowest BCUT2D eigenvalue weighted by atomic mass is 10.1. The van der Waals surface area contributed by atoms with Crippen LogP contribution in [0.5, 0.6) is 0 Å². The second-order valence-electron chi connectivity index (χ2n) is 8.59. The van der Waals surface area contributed by atoms with E-state index in [0.29, 0.717) is 45.6 Å². The molecule has 0 aliphatic carbocycles. The molecule has 1 aromatic carbocycles. The Morgan fingerprint density at radius 3 is 2.25 bits per heavy atom. The van der Waals surface area contributed by atoms with Crippen LogP contribution in [0.4, 0.5) is 4.79 Å². The largest absolute Gasteiger partial charge is 0.444 e. The van der Waals surface area contributed by atoms with E-state index in [1.807, 2.05) is 44.7 Å². The van der Waals surface area contributed by atoms with Crippen molar-refractivity contribution in [1.29, 1.82) is 0 Å². The lowest BCUT2D eigenvalue weighted by Crippen LogP contribution is -2.38. The van der Waals surface area contributed by atoms with Crippen molar-refractivity contribution >= 4 is 41.9 Å². The molecule has 8 nitrogen and oxygen atoms in total. The molecule has 9 heteroatoms. The fourth-order valence-electron chi connectivity index (χ4n) is 3.23. The van der Waals surface area contributed by atoms with Crippen molar-refractivity contribution in [3.8, 4) is 0 Å². The zero-order valence-corrected chi connectivity index (χ0v) is 22.0. The zero-order chi connectivity index (χ0) is 22.7. The Kier molecular flexibility index (Phi) is 12.4. The van der Waals surface area contributed by atoms with Crippen molar-refractivity contribution in [1.82, 2.24) is 20.9 Å². The van der Waals surface area contributed by atoms with E-state index < -0.39 is 11.7 Å². The number of hydrogen-bond acceptors (Lipinski definition) is 4. The fraction of sp³-hybridized carbons (Fsp3) is 0.609. The number of guanidine groups is 1. The number of benzene rings is 1. The summed E-state index contributed by atoms with van der Waals surface area (Å²) in [6.45, 7) is 11.5. The molecule has 1 aromatic rings. The molecule has 0 unspecified atom stereocenters. The van der Waals surface area contributed by atoms with E-state index in [0.717, 1.165) is 18.9 Å². The van der Waals surface area contributed by atoms with Crippen molar-refractivity contribution < 1.29 is 14.3 Å². The van der Waals surface area contributed by atoms with Crippen molar-refractivity contribution in [3.63, 3.8) is 0 Å². The molecule has 1 aliphatic rings. The second kappa shape index (κ2) is 14.2. The molecule has 2 amide bonds. The maximum atomic E-state index is 12.5. The molecule has 0 atom stereocenters. The summed E-state index contributed by atoms with van der Waals surface area (Å²) in [4.78, 5) is 30.5. The Hall–Kier alpha value is -2.04. The minimum Gasteiger partial charge on any atom is -0.444 e. The van der Waals surface area contributed by atoms with Crippen molar-refractivity contribution in [2.75, 3.05) is 26.2 Å². The number of alkyl carbamates (subject to hydrolysis) is 1. The van der Waals surface area contributed by atoms with Crippen LogP contribution in [-0.2, 0) is 22.6 Å². The van der Waals surface area contributed by atoms with Crippen LogP contribution >= 0.6 is 24.0 Å². The summed E-state index contributed by atoms with van der Waals surface area (Å²) in [5.41, 5.74) is 2.00. The predicted octanol–water partition coefficient (Wildman–Crippen LogP) is 3.40. The molecule has 2 rings (SSSR count). The highest BCUT2D eigenvalue weighted by Gasteiger charge is 2.22. The SMILES string of the molecule is CCNC(=NCCCNC(=O)OC(C)(C)C)NCCCC(=O)N1Cc2ccccc2C1.I. The number of halogens is 1. The van der Waals surface area contributed by atoms with Crippen LogP contribution in [0.1, 0.15) is 58.1 Å². The van der Waals surface area contributed by atoms with Crippen LogP contribution in [0.25, 0.3) is 0 Å². The molecule has 0 saturated heterocycles. The highest BCUT2D eigenvalue weighted by Crippen LogP contribution is 2.22. The minimum atomic E-state index is -0.496. The van der Waals surface area contributed by atoms with Gasteiger partial charge in [0.15, 0.2) is 5.96 Å². The minimum absolute atomic E-state index is 0. The molecule has 1 heterocycles. The topological polar surface area (TPSA) is 95.1 Å². The Balaban J connectivity index is 0.00000512. The second-order valence-corrected chi connectivity index (χ2v) is 8.59. The molecule has 0 aromatic heterocycles. The number of fused-ring (bicyclic) bond motifs is 1. The monoisotopic (exact) mass is 559 g/mol. The van der Waals surface area contributed by atoms with Crippen molar-refractivity contribution in [2.24, 2.45) is 4.99 Å². The summed E-state index contributed by atoms with van der Waals surface area (Å²) in [5, 5.41) is 9.20. The quantitative estimate of drug-likeness (QED) is 0.187. The van der Waals surface area contributed by atoms with Crippen LogP contribution in [0.3, 0.4) is 0 Å². The average molecular weight is 559 g/mol. The highest BCUT2D eigenvalue weighted by atomic mass is 127. The fourth-order valence-corrected chi connectivity index (χ4v) is 3.23. The summed E-state index contributed by atoms with van der Waals surface area (Å²) < 4.78 is 5.20. The number of carbonyl (C=O) groups is 2. The maximum Gasteiger partial charge on any atom is 0.407 e. The summed E-state index contributed by atoms with van der Waals surface area (Å²) in [6, 6.07) is 8.22. The maximum absolute atomic E-state index is 12.5. The smallest absolute Gasteiger partial charge is 0.407 e. The molecular formula is C23H38IN5O3. The van der Waals surface area contributed by atoms with Gasteiger partial charge < -0.3 is 25.6 Å². The van der Waals surface area contributed by atoms with E-state index >= 15 is 0 Å². The van der Waals surface area contributed by atoms with Gasteiger partial charge in [0.05, 0.1) is 0 Å². The third-order valence-electron chi connectivity index (χ3n) is 4.67. The number of aliphatic imine (C=N–C) groups is 1. The lowest BCUT2D eigenvalue weighted by Gasteiger charge is -2.19. The summed E-state index contributed by atoms with van der Waals surface area (Å²) in [5.74, 6) is 0.911. The van der Waals surface area contributed by atoms with Gasteiger partial charge in [-0.15, -0.1) is 24.0 Å². The average Bonchev–Trinajstić information content (AvgIpc) is 3.13. The van der Waals surface area contributed by atoms with Crippen LogP contribution in [0.2, 0.25) is 0 Å². The summed E-state index contributed by atoms with van der Waals surface area (Å²) in [7, 11) is 0. The molecule has 0 fully saturated rings. The molecule has 0 bridgehead atoms. The number of nitrogens with zero attached hydrogens (tertiary/aromatic N) is 2. The van der Waals surface area contributed by atoms with Crippen LogP contribution < -0.4 is 16.0 Å². The first-order chi connectivity index (χ1) is 14.8. The van der Waals surface area contributed by atoms with Gasteiger partial charge >= 0.3 is 6.09 Å². The van der Waals surface area contributed by atoms with Crippen LogP contribution in [0.15, 0.2) is 29.3 Å². The highest BCUT2D eigenvalue weighted by molar-refractivity contribution is 14.0. The van der Waals surface area contributed by atoms with E-state index in [1.165, 1.54) is 11.1 Å². The van der Waals surface area contributed by atoms with Gasteiger partial charge in [0.2, 0.25) is 5.91 Å².